The van der Waals surface area contributed by atoms with Crippen molar-refractivity contribution in [2.45, 2.75) is 13.3 Å². The maximum atomic E-state index is 12.8. The molecule has 0 fully saturated rings. The van der Waals surface area contributed by atoms with E-state index in [1.807, 2.05) is 0 Å². The van der Waals surface area contributed by atoms with Crippen LogP contribution < -0.4 is 5.32 Å². The minimum Gasteiger partial charge on any atom is -0.310 e. The van der Waals surface area contributed by atoms with Gasteiger partial charge in [0.2, 0.25) is 5.91 Å². The molecule has 0 radical (unpaired) electrons. The Labute approximate surface area is 119 Å². The third kappa shape index (κ3) is 3.82. The van der Waals surface area contributed by atoms with E-state index in [-0.39, 0.29) is 29.7 Å². The summed E-state index contributed by atoms with van der Waals surface area (Å²) in [4.78, 5) is 25.8. The van der Waals surface area contributed by atoms with Crippen molar-refractivity contribution in [1.82, 2.24) is 4.98 Å². The van der Waals surface area contributed by atoms with Gasteiger partial charge in [0.1, 0.15) is 17.8 Å². The monoisotopic (exact) mass is 289 g/mol. The van der Waals surface area contributed by atoms with Crippen molar-refractivity contribution in [3.05, 3.63) is 63.6 Å². The van der Waals surface area contributed by atoms with Crippen LogP contribution in [0.2, 0.25) is 0 Å². The van der Waals surface area contributed by atoms with E-state index in [0.717, 1.165) is 6.20 Å². The predicted molar refractivity (Wildman–Crippen MR) is 74.4 cm³/mol. The van der Waals surface area contributed by atoms with E-state index in [1.165, 1.54) is 30.3 Å². The summed E-state index contributed by atoms with van der Waals surface area (Å²) >= 11 is 0. The topological polar surface area (TPSA) is 85.1 Å². The van der Waals surface area contributed by atoms with Crippen LogP contribution in [0.25, 0.3) is 0 Å². The second kappa shape index (κ2) is 6.08. The number of pyridine rings is 1. The van der Waals surface area contributed by atoms with Gasteiger partial charge in [-0.3, -0.25) is 14.9 Å². The lowest BCUT2D eigenvalue weighted by Crippen LogP contribution is -2.15. The van der Waals surface area contributed by atoms with Crippen LogP contribution in [0.15, 0.2) is 36.5 Å². The van der Waals surface area contributed by atoms with Crippen molar-refractivity contribution in [2.24, 2.45) is 0 Å². The first kappa shape index (κ1) is 14.6. The lowest BCUT2D eigenvalue weighted by molar-refractivity contribution is -0.385. The number of anilines is 1. The van der Waals surface area contributed by atoms with Crippen LogP contribution >= 0.6 is 0 Å². The van der Waals surface area contributed by atoms with Crippen molar-refractivity contribution >= 4 is 17.4 Å². The van der Waals surface area contributed by atoms with Crippen LogP contribution in [0.1, 0.15) is 11.1 Å². The van der Waals surface area contributed by atoms with Gasteiger partial charge in [-0.25, -0.2) is 9.37 Å². The molecule has 1 N–H and O–H groups in total. The van der Waals surface area contributed by atoms with E-state index in [0.29, 0.717) is 11.1 Å². The molecule has 21 heavy (non-hydrogen) atoms. The highest BCUT2D eigenvalue weighted by molar-refractivity contribution is 5.91. The van der Waals surface area contributed by atoms with Gasteiger partial charge in [-0.15, -0.1) is 0 Å². The second-order valence-corrected chi connectivity index (χ2v) is 4.46. The number of halogens is 1. The highest BCUT2D eigenvalue weighted by atomic mass is 19.1. The summed E-state index contributed by atoms with van der Waals surface area (Å²) in [6.07, 6.45) is 1.17. The highest BCUT2D eigenvalue weighted by Crippen LogP contribution is 2.18. The number of nitrogens with zero attached hydrogens (tertiary/aromatic N) is 2. The van der Waals surface area contributed by atoms with Crippen LogP contribution in [-0.2, 0) is 11.2 Å². The van der Waals surface area contributed by atoms with Crippen molar-refractivity contribution in [1.29, 1.82) is 0 Å². The van der Waals surface area contributed by atoms with Crippen molar-refractivity contribution in [2.75, 3.05) is 5.32 Å². The maximum absolute atomic E-state index is 12.8. The summed E-state index contributed by atoms with van der Waals surface area (Å²) in [6, 6.07) is 7.02. The van der Waals surface area contributed by atoms with Gasteiger partial charge in [0, 0.05) is 5.56 Å². The quantitative estimate of drug-likeness (QED) is 0.692. The molecule has 0 aliphatic rings. The van der Waals surface area contributed by atoms with Gasteiger partial charge in [0.05, 0.1) is 11.3 Å². The number of hydrogen-bond acceptors (Lipinski definition) is 4. The Morgan fingerprint density at radius 2 is 2.05 bits per heavy atom. The zero-order valence-electron chi connectivity index (χ0n) is 11.2. The molecular weight excluding hydrogens is 277 g/mol. The van der Waals surface area contributed by atoms with E-state index in [9.17, 15) is 19.3 Å². The number of carbonyl (C=O) groups is 1. The number of aryl methyl sites for hydroxylation is 1. The molecule has 0 aliphatic carbocycles. The number of benzene rings is 1. The summed E-state index contributed by atoms with van der Waals surface area (Å²) in [5.41, 5.74) is 0.964. The Bertz CT molecular complexity index is 686. The molecule has 2 aromatic rings. The van der Waals surface area contributed by atoms with E-state index in [1.54, 1.807) is 6.92 Å². The van der Waals surface area contributed by atoms with Crippen molar-refractivity contribution < 1.29 is 14.1 Å². The first-order valence-corrected chi connectivity index (χ1v) is 6.11. The van der Waals surface area contributed by atoms with E-state index in [2.05, 4.69) is 10.3 Å². The largest absolute Gasteiger partial charge is 0.310 e. The average Bonchev–Trinajstić information content (AvgIpc) is 2.41. The summed E-state index contributed by atoms with van der Waals surface area (Å²) < 4.78 is 12.8. The molecule has 0 spiro atoms. The molecule has 6 nitrogen and oxygen atoms in total. The Morgan fingerprint density at radius 1 is 1.38 bits per heavy atom. The van der Waals surface area contributed by atoms with Gasteiger partial charge >= 0.3 is 0 Å². The van der Waals surface area contributed by atoms with E-state index < -0.39 is 4.92 Å². The molecule has 0 atom stereocenters. The van der Waals surface area contributed by atoms with Crippen LogP contribution in [0.3, 0.4) is 0 Å². The summed E-state index contributed by atoms with van der Waals surface area (Å²) in [5, 5.41) is 13.2. The van der Waals surface area contributed by atoms with Gasteiger partial charge in [0.15, 0.2) is 0 Å². The van der Waals surface area contributed by atoms with Gasteiger partial charge < -0.3 is 5.32 Å². The minimum absolute atomic E-state index is 0.0675. The molecule has 1 aromatic heterocycles. The second-order valence-electron chi connectivity index (χ2n) is 4.46. The van der Waals surface area contributed by atoms with Gasteiger partial charge in [0.25, 0.3) is 5.69 Å². The number of rotatable bonds is 4. The molecule has 108 valence electrons. The highest BCUT2D eigenvalue weighted by Gasteiger charge is 2.12. The molecule has 1 heterocycles. The summed E-state index contributed by atoms with van der Waals surface area (Å²) in [6.45, 7) is 1.56. The van der Waals surface area contributed by atoms with Gasteiger partial charge in [-0.2, -0.15) is 0 Å². The Hall–Kier alpha value is -2.83. The molecule has 0 unspecified atom stereocenters. The summed E-state index contributed by atoms with van der Waals surface area (Å²) in [5.74, 6) is -0.459. The number of carbonyl (C=O) groups excluding carboxylic acids is 1. The van der Waals surface area contributed by atoms with Crippen molar-refractivity contribution in [3.8, 4) is 0 Å². The van der Waals surface area contributed by atoms with Crippen LogP contribution in [0.4, 0.5) is 15.9 Å². The van der Waals surface area contributed by atoms with Gasteiger partial charge in [-0.1, -0.05) is 12.1 Å². The Kier molecular flexibility index (Phi) is 4.22. The molecule has 7 heteroatoms. The minimum atomic E-state index is -0.535. The number of nitrogens with one attached hydrogen (secondary N) is 1. The molecule has 0 saturated heterocycles. The smallest absolute Gasteiger partial charge is 0.290 e. The van der Waals surface area contributed by atoms with Crippen LogP contribution in [0.5, 0.6) is 0 Å². The summed E-state index contributed by atoms with van der Waals surface area (Å²) in [7, 11) is 0. The average molecular weight is 289 g/mol. The number of aromatic nitrogens is 1. The first-order valence-electron chi connectivity index (χ1n) is 6.11. The normalized spacial score (nSPS) is 10.2. The number of amides is 1. The lowest BCUT2D eigenvalue weighted by atomic mass is 10.1. The molecule has 0 saturated carbocycles. The molecule has 0 bridgehead atoms. The lowest BCUT2D eigenvalue weighted by Gasteiger charge is -2.05. The molecule has 2 rings (SSSR count). The molecule has 1 aromatic carbocycles. The predicted octanol–water partition coefficient (Wildman–Crippen LogP) is 2.62. The fourth-order valence-corrected chi connectivity index (χ4v) is 1.78. The zero-order valence-corrected chi connectivity index (χ0v) is 11.2. The van der Waals surface area contributed by atoms with Gasteiger partial charge in [-0.05, 0) is 30.7 Å². The zero-order chi connectivity index (χ0) is 15.4. The van der Waals surface area contributed by atoms with Crippen molar-refractivity contribution in [3.63, 3.8) is 0 Å². The first-order chi connectivity index (χ1) is 9.95. The Morgan fingerprint density at radius 3 is 2.62 bits per heavy atom. The molecule has 0 aliphatic heterocycles. The number of nitro groups is 1. The van der Waals surface area contributed by atoms with E-state index >= 15 is 0 Å². The van der Waals surface area contributed by atoms with E-state index in [4.69, 9.17) is 0 Å². The molecular formula is C14H12FN3O3. The third-order valence-electron chi connectivity index (χ3n) is 2.83. The van der Waals surface area contributed by atoms with Crippen LogP contribution in [0, 0.1) is 22.9 Å². The Balaban J connectivity index is 2.04. The fourth-order valence-electron chi connectivity index (χ4n) is 1.78. The van der Waals surface area contributed by atoms with Crippen LogP contribution in [-0.4, -0.2) is 15.8 Å². The fraction of sp³-hybridized carbons (Fsp3) is 0.143. The third-order valence-corrected chi connectivity index (χ3v) is 2.83. The number of hydrogen-bond donors (Lipinski definition) is 1. The molecule has 1 amide bonds. The standard InChI is InChI=1S/C14H12FN3O3/c1-9-6-13(16-8-12(9)18(20)21)17-14(19)7-10-2-4-11(15)5-3-10/h2-6,8H,7H2,1H3,(H,16,17,19). The maximum Gasteiger partial charge on any atom is 0.290 e. The SMILES string of the molecule is Cc1cc(NC(=O)Cc2ccc(F)cc2)ncc1[N+](=O)[O-].